The highest BCUT2D eigenvalue weighted by molar-refractivity contribution is 5.92. The lowest BCUT2D eigenvalue weighted by molar-refractivity contribution is -0.401. The monoisotopic (exact) mass is 365 g/mol. The molecule has 1 N–H and O–H groups in total. The Hall–Kier alpha value is -3.49. The van der Waals surface area contributed by atoms with E-state index in [0.29, 0.717) is 28.1 Å². The number of nitro groups is 1. The summed E-state index contributed by atoms with van der Waals surface area (Å²) in [7, 11) is 0. The molecule has 0 radical (unpaired) electrons. The van der Waals surface area contributed by atoms with Crippen LogP contribution in [0.5, 0.6) is 0 Å². The number of imidazole rings is 1. The predicted octanol–water partition coefficient (Wildman–Crippen LogP) is 3.56. The first-order chi connectivity index (χ1) is 13.1. The zero-order chi connectivity index (χ0) is 18.5. The summed E-state index contributed by atoms with van der Waals surface area (Å²) >= 11 is 0. The van der Waals surface area contributed by atoms with Crippen molar-refractivity contribution in [1.82, 2.24) is 19.5 Å². The van der Waals surface area contributed by atoms with Gasteiger partial charge >= 0.3 is 5.88 Å². The smallest absolute Gasteiger partial charge is 0.397 e. The van der Waals surface area contributed by atoms with E-state index in [1.54, 1.807) is 12.1 Å². The average molecular weight is 365 g/mol. The van der Waals surface area contributed by atoms with Crippen molar-refractivity contribution in [3.05, 3.63) is 50.9 Å². The van der Waals surface area contributed by atoms with Gasteiger partial charge in [0.15, 0.2) is 11.6 Å². The van der Waals surface area contributed by atoms with Crippen LogP contribution in [-0.2, 0) is 0 Å². The van der Waals surface area contributed by atoms with Crippen LogP contribution in [0.3, 0.4) is 0 Å². The van der Waals surface area contributed by atoms with Gasteiger partial charge < -0.3 is 14.0 Å². The second-order valence-electron chi connectivity index (χ2n) is 6.74. The van der Waals surface area contributed by atoms with Gasteiger partial charge in [-0.25, -0.2) is 9.97 Å². The van der Waals surface area contributed by atoms with Gasteiger partial charge in [-0.2, -0.15) is 0 Å². The molecule has 1 aromatic carbocycles. The lowest BCUT2D eigenvalue weighted by atomic mass is 10.2. The zero-order valence-electron chi connectivity index (χ0n) is 14.2. The maximum Gasteiger partial charge on any atom is 0.433 e. The summed E-state index contributed by atoms with van der Waals surface area (Å²) in [4.78, 5) is 33.6. The molecule has 0 bridgehead atoms. The first kappa shape index (κ1) is 15.7. The molecule has 1 aliphatic rings. The molecule has 0 atom stereocenters. The summed E-state index contributed by atoms with van der Waals surface area (Å²) in [5.74, 6) is 0.601. The highest BCUT2D eigenvalue weighted by Crippen LogP contribution is 2.38. The minimum absolute atomic E-state index is 0.245. The van der Waals surface area contributed by atoms with E-state index in [2.05, 4.69) is 19.5 Å². The standard InChI is InChI=1S/C18H15N5O4/c24-16-9-19-11-8-14-13(7-12(11)20-16)21-18(22(14)10-3-1-2-4-10)15-5-6-17(27-15)23(25)26/h5-10H,1-4H2,(H,20,24). The third-order valence-electron chi connectivity index (χ3n) is 5.07. The Labute approximate surface area is 151 Å². The van der Waals surface area contributed by atoms with Crippen LogP contribution >= 0.6 is 0 Å². The van der Waals surface area contributed by atoms with Gasteiger partial charge in [0.2, 0.25) is 0 Å². The molecule has 3 aromatic heterocycles. The zero-order valence-corrected chi connectivity index (χ0v) is 14.2. The van der Waals surface area contributed by atoms with E-state index in [1.165, 1.54) is 12.3 Å². The largest absolute Gasteiger partial charge is 0.433 e. The van der Waals surface area contributed by atoms with Crippen molar-refractivity contribution in [2.24, 2.45) is 0 Å². The molecule has 1 aliphatic carbocycles. The normalized spacial score (nSPS) is 15.1. The summed E-state index contributed by atoms with van der Waals surface area (Å²) in [5, 5.41) is 11.0. The Bertz CT molecular complexity index is 1250. The van der Waals surface area contributed by atoms with Crippen molar-refractivity contribution >= 4 is 28.0 Å². The molecule has 0 saturated heterocycles. The van der Waals surface area contributed by atoms with Crippen LogP contribution in [0.15, 0.2) is 39.7 Å². The van der Waals surface area contributed by atoms with Gasteiger partial charge in [-0.1, -0.05) is 12.8 Å². The Morgan fingerprint density at radius 1 is 1.22 bits per heavy atom. The summed E-state index contributed by atoms with van der Waals surface area (Å²) in [6.07, 6.45) is 5.53. The number of nitrogens with zero attached hydrogens (tertiary/aromatic N) is 4. The number of benzene rings is 1. The topological polar surface area (TPSA) is 120 Å². The number of aromatic nitrogens is 4. The summed E-state index contributed by atoms with van der Waals surface area (Å²) in [6, 6.07) is 6.83. The van der Waals surface area contributed by atoms with Gasteiger partial charge in [0, 0.05) is 6.04 Å². The highest BCUT2D eigenvalue weighted by Gasteiger charge is 2.26. The lowest BCUT2D eigenvalue weighted by Gasteiger charge is -2.15. The third-order valence-corrected chi connectivity index (χ3v) is 5.07. The van der Waals surface area contributed by atoms with Gasteiger partial charge in [-0.3, -0.25) is 14.9 Å². The van der Waals surface area contributed by atoms with E-state index in [1.807, 2.05) is 6.07 Å². The third kappa shape index (κ3) is 2.50. The summed E-state index contributed by atoms with van der Waals surface area (Å²) < 4.78 is 7.52. The quantitative estimate of drug-likeness (QED) is 0.438. The number of H-pyrrole nitrogens is 1. The number of fused-ring (bicyclic) bond motifs is 2. The van der Waals surface area contributed by atoms with Crippen molar-refractivity contribution in [2.45, 2.75) is 31.7 Å². The van der Waals surface area contributed by atoms with E-state index < -0.39 is 4.92 Å². The second-order valence-corrected chi connectivity index (χ2v) is 6.74. The minimum atomic E-state index is -0.560. The highest BCUT2D eigenvalue weighted by atomic mass is 16.6. The molecule has 4 aromatic rings. The van der Waals surface area contributed by atoms with Gasteiger partial charge in [0.25, 0.3) is 5.56 Å². The van der Waals surface area contributed by atoms with E-state index in [9.17, 15) is 14.9 Å². The van der Waals surface area contributed by atoms with E-state index >= 15 is 0 Å². The van der Waals surface area contributed by atoms with Crippen molar-refractivity contribution in [3.8, 4) is 11.6 Å². The molecule has 136 valence electrons. The average Bonchev–Trinajstić information content (AvgIpc) is 3.37. The Morgan fingerprint density at radius 3 is 2.78 bits per heavy atom. The number of furan rings is 1. The predicted molar refractivity (Wildman–Crippen MR) is 97.5 cm³/mol. The molecule has 0 unspecified atom stereocenters. The van der Waals surface area contributed by atoms with E-state index in [4.69, 9.17) is 4.42 Å². The maximum atomic E-state index is 11.6. The van der Waals surface area contributed by atoms with Gasteiger partial charge in [-0.05, 0) is 31.0 Å². The molecule has 0 aliphatic heterocycles. The first-order valence-corrected chi connectivity index (χ1v) is 8.76. The Kier molecular flexibility index (Phi) is 3.36. The number of hydrogen-bond acceptors (Lipinski definition) is 6. The van der Waals surface area contributed by atoms with Crippen molar-refractivity contribution in [1.29, 1.82) is 0 Å². The molecule has 27 heavy (non-hydrogen) atoms. The number of hydrogen-bond donors (Lipinski definition) is 1. The van der Waals surface area contributed by atoms with Crippen molar-refractivity contribution in [3.63, 3.8) is 0 Å². The van der Waals surface area contributed by atoms with Crippen LogP contribution in [0.2, 0.25) is 0 Å². The summed E-state index contributed by atoms with van der Waals surface area (Å²) in [6.45, 7) is 0. The Balaban J connectivity index is 1.79. The van der Waals surface area contributed by atoms with Gasteiger partial charge in [0.1, 0.15) is 4.92 Å². The molecule has 9 nitrogen and oxygen atoms in total. The van der Waals surface area contributed by atoms with Gasteiger partial charge in [0.05, 0.1) is 34.3 Å². The number of rotatable bonds is 3. The fraction of sp³-hybridized carbons (Fsp3) is 0.278. The van der Waals surface area contributed by atoms with Crippen LogP contribution in [0, 0.1) is 10.1 Å². The molecule has 1 fully saturated rings. The second kappa shape index (κ2) is 5.76. The minimum Gasteiger partial charge on any atom is -0.397 e. The molecule has 9 heteroatoms. The Morgan fingerprint density at radius 2 is 2.04 bits per heavy atom. The van der Waals surface area contributed by atoms with E-state index in [-0.39, 0.29) is 17.5 Å². The molecule has 0 amide bonds. The SMILES string of the molecule is O=c1cnc2cc3c(cc2[nH]1)nc(-c1ccc([N+](=O)[O-])o1)n3C1CCCC1. The van der Waals surface area contributed by atoms with Crippen LogP contribution in [0.4, 0.5) is 5.88 Å². The lowest BCUT2D eigenvalue weighted by Crippen LogP contribution is -2.07. The molecular weight excluding hydrogens is 350 g/mol. The number of nitrogens with one attached hydrogen (secondary N) is 1. The molecule has 0 spiro atoms. The van der Waals surface area contributed by atoms with Crippen LogP contribution in [-0.4, -0.2) is 24.4 Å². The van der Waals surface area contributed by atoms with Gasteiger partial charge in [-0.15, -0.1) is 0 Å². The fourth-order valence-corrected chi connectivity index (χ4v) is 3.88. The van der Waals surface area contributed by atoms with Crippen LogP contribution < -0.4 is 5.56 Å². The number of aromatic amines is 1. The first-order valence-electron chi connectivity index (χ1n) is 8.76. The van der Waals surface area contributed by atoms with Crippen molar-refractivity contribution in [2.75, 3.05) is 0 Å². The summed E-state index contributed by atoms with van der Waals surface area (Å²) in [5.41, 5.74) is 2.55. The molecule has 1 saturated carbocycles. The van der Waals surface area contributed by atoms with Crippen LogP contribution in [0.25, 0.3) is 33.7 Å². The fourth-order valence-electron chi connectivity index (χ4n) is 3.88. The van der Waals surface area contributed by atoms with Crippen LogP contribution in [0.1, 0.15) is 31.7 Å². The van der Waals surface area contributed by atoms with Crippen molar-refractivity contribution < 1.29 is 9.34 Å². The maximum absolute atomic E-state index is 11.6. The molecule has 5 rings (SSSR count). The molecular formula is C18H15N5O4. The molecule has 3 heterocycles. The van der Waals surface area contributed by atoms with E-state index in [0.717, 1.165) is 31.2 Å².